The Hall–Kier alpha value is -3.33. The van der Waals surface area contributed by atoms with Gasteiger partial charge in [-0.25, -0.2) is 0 Å². The number of hydrogen-bond donors (Lipinski definition) is 1. The minimum absolute atomic E-state index is 0.0819. The zero-order chi connectivity index (χ0) is 20.7. The number of likely N-dealkylation sites (N-methyl/N-ethyl adjacent to an activating group) is 1. The van der Waals surface area contributed by atoms with Crippen LogP contribution in [0.4, 0.5) is 11.4 Å². The molecule has 9 nitrogen and oxygen atoms in total. The van der Waals surface area contributed by atoms with E-state index in [1.54, 1.807) is 12.1 Å². The topological polar surface area (TPSA) is 109 Å². The molecule has 0 saturated carbocycles. The van der Waals surface area contributed by atoms with Crippen LogP contribution < -0.4 is 5.32 Å². The van der Waals surface area contributed by atoms with Crippen molar-refractivity contribution in [3.8, 4) is 0 Å². The number of carbonyl (C=O) groups excluding carboxylic acids is 2. The van der Waals surface area contributed by atoms with Gasteiger partial charge in [-0.2, -0.15) is 0 Å². The summed E-state index contributed by atoms with van der Waals surface area (Å²) >= 11 is 0. The number of nitro benzene ring substituents is 1. The molecule has 2 unspecified atom stereocenters. The van der Waals surface area contributed by atoms with Gasteiger partial charge in [0, 0.05) is 48.7 Å². The van der Waals surface area contributed by atoms with Crippen molar-refractivity contribution in [1.29, 1.82) is 0 Å². The molecule has 0 bridgehead atoms. The minimum Gasteiger partial charge on any atom is -0.337 e. The van der Waals surface area contributed by atoms with Gasteiger partial charge in [-0.05, 0) is 38.7 Å². The molecule has 2 aliphatic heterocycles. The van der Waals surface area contributed by atoms with E-state index in [-0.39, 0.29) is 17.5 Å². The third kappa shape index (κ3) is 3.44. The fraction of sp³-hybridized carbons (Fsp3) is 0.350. The lowest BCUT2D eigenvalue weighted by Crippen LogP contribution is -2.34. The number of rotatable bonds is 4. The molecule has 0 spiro atoms. The highest BCUT2D eigenvalue weighted by Gasteiger charge is 2.35. The van der Waals surface area contributed by atoms with Crippen molar-refractivity contribution >= 4 is 23.2 Å². The second kappa shape index (κ2) is 7.25. The zero-order valence-corrected chi connectivity index (χ0v) is 16.2. The molecule has 1 aromatic carbocycles. The summed E-state index contributed by atoms with van der Waals surface area (Å²) in [7, 11) is 4.01. The minimum atomic E-state index is -0.737. The number of nitrogens with one attached hydrogen (secondary N) is 1. The first-order chi connectivity index (χ1) is 13.8. The molecule has 1 aromatic heterocycles. The van der Waals surface area contributed by atoms with Crippen molar-refractivity contribution < 1.29 is 14.5 Å². The van der Waals surface area contributed by atoms with Crippen LogP contribution in [0.25, 0.3) is 0 Å². The van der Waals surface area contributed by atoms with Gasteiger partial charge in [-0.3, -0.25) is 24.7 Å². The smallest absolute Gasteiger partial charge is 0.269 e. The molecule has 29 heavy (non-hydrogen) atoms. The first-order valence-electron chi connectivity index (χ1n) is 9.36. The molecule has 2 amide bonds. The number of aromatic nitrogens is 1. The van der Waals surface area contributed by atoms with Gasteiger partial charge in [0.05, 0.1) is 16.2 Å². The predicted octanol–water partition coefficient (Wildman–Crippen LogP) is 1.85. The second-order valence-corrected chi connectivity index (χ2v) is 7.58. The van der Waals surface area contributed by atoms with Crippen molar-refractivity contribution in [3.05, 3.63) is 63.5 Å². The van der Waals surface area contributed by atoms with E-state index in [1.165, 1.54) is 24.4 Å². The first-order valence-corrected chi connectivity index (χ1v) is 9.36. The van der Waals surface area contributed by atoms with Crippen LogP contribution in [0.2, 0.25) is 0 Å². The highest BCUT2D eigenvalue weighted by atomic mass is 16.6. The molecule has 1 fully saturated rings. The number of fused-ring (bicyclic) bond motifs is 1. The van der Waals surface area contributed by atoms with Crippen LogP contribution in [0.5, 0.6) is 0 Å². The molecule has 3 heterocycles. The third-order valence-corrected chi connectivity index (χ3v) is 5.59. The molecule has 2 aliphatic rings. The number of amides is 2. The summed E-state index contributed by atoms with van der Waals surface area (Å²) in [6.45, 7) is 1.38. The monoisotopic (exact) mass is 395 g/mol. The lowest BCUT2D eigenvalue weighted by Gasteiger charge is -2.20. The van der Waals surface area contributed by atoms with Gasteiger partial charge in [0.2, 0.25) is 5.91 Å². The summed E-state index contributed by atoms with van der Waals surface area (Å²) in [6.07, 6.45) is 2.41. The number of hydrogen-bond acceptors (Lipinski definition) is 6. The molecule has 9 heteroatoms. The predicted molar refractivity (Wildman–Crippen MR) is 106 cm³/mol. The maximum atomic E-state index is 12.7. The Morgan fingerprint density at radius 2 is 2.10 bits per heavy atom. The van der Waals surface area contributed by atoms with Crippen molar-refractivity contribution in [2.75, 3.05) is 32.5 Å². The van der Waals surface area contributed by atoms with Gasteiger partial charge in [-0.15, -0.1) is 0 Å². The first kappa shape index (κ1) is 19.0. The average Bonchev–Trinajstić information content (AvgIpc) is 3.31. The van der Waals surface area contributed by atoms with Gasteiger partial charge in [0.1, 0.15) is 5.92 Å². The van der Waals surface area contributed by atoms with E-state index in [2.05, 4.69) is 15.2 Å². The summed E-state index contributed by atoms with van der Waals surface area (Å²) in [5.74, 6) is -1.11. The molecule has 2 aromatic rings. The van der Waals surface area contributed by atoms with E-state index >= 15 is 0 Å². The lowest BCUT2D eigenvalue weighted by atomic mass is 9.96. The van der Waals surface area contributed by atoms with E-state index < -0.39 is 10.8 Å². The van der Waals surface area contributed by atoms with Crippen molar-refractivity contribution in [1.82, 2.24) is 14.8 Å². The molecule has 1 N–H and O–H groups in total. The molecular weight excluding hydrogens is 374 g/mol. The summed E-state index contributed by atoms with van der Waals surface area (Å²) in [5.41, 5.74) is 1.89. The number of nitrogens with zero attached hydrogens (tertiary/aromatic N) is 4. The standard InChI is InChI=1S/C20H21N5O4/c1-23(2)14-7-8-24(11-14)20(27)12-3-5-17(21-10-12)18-15-9-13(25(28)29)4-6-16(15)22-19(18)26/h3-6,9-10,14,18H,7-8,11H2,1-2H3,(H,22,26). The van der Waals surface area contributed by atoms with Crippen LogP contribution >= 0.6 is 0 Å². The maximum Gasteiger partial charge on any atom is 0.269 e. The van der Waals surface area contributed by atoms with Gasteiger partial charge in [0.15, 0.2) is 0 Å². The number of non-ortho nitro benzene ring substituents is 1. The van der Waals surface area contributed by atoms with Crippen LogP contribution in [0.1, 0.15) is 34.0 Å². The van der Waals surface area contributed by atoms with E-state index in [9.17, 15) is 19.7 Å². The Bertz CT molecular complexity index is 989. The highest BCUT2D eigenvalue weighted by Crippen LogP contribution is 2.38. The van der Waals surface area contributed by atoms with Gasteiger partial charge >= 0.3 is 0 Å². The van der Waals surface area contributed by atoms with Crippen LogP contribution in [-0.2, 0) is 4.79 Å². The normalized spacial score (nSPS) is 20.7. The van der Waals surface area contributed by atoms with Crippen LogP contribution in [0, 0.1) is 10.1 Å². The SMILES string of the molecule is CN(C)C1CCN(C(=O)c2ccc(C3C(=O)Nc4ccc([N+](=O)[O-])cc43)nc2)C1. The fourth-order valence-electron chi connectivity index (χ4n) is 3.89. The number of carbonyl (C=O) groups is 2. The second-order valence-electron chi connectivity index (χ2n) is 7.58. The van der Waals surface area contributed by atoms with E-state index in [0.717, 1.165) is 6.42 Å². The number of benzene rings is 1. The zero-order valence-electron chi connectivity index (χ0n) is 16.2. The molecule has 2 atom stereocenters. The van der Waals surface area contributed by atoms with Crippen LogP contribution in [-0.4, -0.2) is 64.7 Å². The van der Waals surface area contributed by atoms with E-state index in [4.69, 9.17) is 0 Å². The van der Waals surface area contributed by atoms with E-state index in [1.807, 2.05) is 19.0 Å². The summed E-state index contributed by atoms with van der Waals surface area (Å²) in [5, 5.41) is 13.8. The number of anilines is 1. The number of nitro groups is 1. The van der Waals surface area contributed by atoms with Crippen molar-refractivity contribution in [2.45, 2.75) is 18.4 Å². The van der Waals surface area contributed by atoms with Crippen molar-refractivity contribution in [2.24, 2.45) is 0 Å². The van der Waals surface area contributed by atoms with Gasteiger partial charge in [-0.1, -0.05) is 0 Å². The molecule has 0 radical (unpaired) electrons. The Morgan fingerprint density at radius 3 is 2.72 bits per heavy atom. The van der Waals surface area contributed by atoms with E-state index in [0.29, 0.717) is 41.6 Å². The molecule has 4 rings (SSSR count). The van der Waals surface area contributed by atoms with Gasteiger partial charge < -0.3 is 15.1 Å². The lowest BCUT2D eigenvalue weighted by molar-refractivity contribution is -0.384. The Kier molecular flexibility index (Phi) is 4.75. The Morgan fingerprint density at radius 1 is 1.31 bits per heavy atom. The highest BCUT2D eigenvalue weighted by molar-refractivity contribution is 6.05. The molecule has 1 saturated heterocycles. The van der Waals surface area contributed by atoms with Crippen LogP contribution in [0.15, 0.2) is 36.5 Å². The Balaban J connectivity index is 1.56. The van der Waals surface area contributed by atoms with Crippen LogP contribution in [0.3, 0.4) is 0 Å². The third-order valence-electron chi connectivity index (χ3n) is 5.59. The average molecular weight is 395 g/mol. The largest absolute Gasteiger partial charge is 0.337 e. The van der Waals surface area contributed by atoms with Crippen molar-refractivity contribution in [3.63, 3.8) is 0 Å². The molecule has 150 valence electrons. The quantitative estimate of drug-likeness (QED) is 0.625. The molecular formula is C20H21N5O4. The number of pyridine rings is 1. The maximum absolute atomic E-state index is 12.7. The van der Waals surface area contributed by atoms with Gasteiger partial charge in [0.25, 0.3) is 11.6 Å². The Labute approximate surface area is 167 Å². The summed E-state index contributed by atoms with van der Waals surface area (Å²) in [4.78, 5) is 44.0. The fourth-order valence-corrected chi connectivity index (χ4v) is 3.89. The summed E-state index contributed by atoms with van der Waals surface area (Å²) < 4.78 is 0. The number of likely N-dealkylation sites (tertiary alicyclic amines) is 1. The summed E-state index contributed by atoms with van der Waals surface area (Å²) in [6, 6.07) is 7.93. The molecule has 0 aliphatic carbocycles.